The van der Waals surface area contributed by atoms with Crippen LogP contribution in [-0.2, 0) is 17.1 Å². The Bertz CT molecular complexity index is 28.0. The molecule has 1 nitrogen and oxygen atoms in total. The molecule has 0 spiro atoms. The van der Waals surface area contributed by atoms with Crippen LogP contribution in [0.1, 0.15) is 5.71 Å². The van der Waals surface area contributed by atoms with Crippen LogP contribution in [0.2, 0.25) is 0 Å². The maximum atomic E-state index is 6.25. The van der Waals surface area contributed by atoms with Crippen LogP contribution in [0.15, 0.2) is 0 Å². The van der Waals surface area contributed by atoms with E-state index >= 15 is 0 Å². The van der Waals surface area contributed by atoms with E-state index in [0.29, 0.717) is 0 Å². The van der Waals surface area contributed by atoms with Crippen molar-refractivity contribution >= 4 is 37.7 Å². The van der Waals surface area contributed by atoms with E-state index in [1.165, 1.54) is 0 Å². The van der Waals surface area contributed by atoms with Gasteiger partial charge in [0.05, 0.1) is 0 Å². The van der Waals surface area contributed by atoms with Gasteiger partial charge in [-0.1, -0.05) is 0 Å². The second-order valence-corrected chi connectivity index (χ2v) is 0. The largest absolute Gasteiger partial charge is 2.00 e. The summed E-state index contributed by atoms with van der Waals surface area (Å²) in [6.45, 7) is 4.75. The molecular weight excluding hydrogens is 200 g/mol. The van der Waals surface area contributed by atoms with Gasteiger partial charge in [-0.25, -0.2) is 0 Å². The molecule has 0 fully saturated rings. The molecule has 0 atom stereocenters. The van der Waals surface area contributed by atoms with Crippen LogP contribution in [0.5, 0.6) is 0 Å². The van der Waals surface area contributed by atoms with Gasteiger partial charge >= 0.3 is 141 Å². The third-order valence-electron chi connectivity index (χ3n) is 0. The molecule has 0 aliphatic heterocycles. The van der Waals surface area contributed by atoms with Crippen molar-refractivity contribution in [2.45, 2.75) is 0 Å². The molecule has 0 bridgehead atoms. The zero-order chi connectivity index (χ0) is 2.00. The second kappa shape index (κ2) is 33.7. The summed E-state index contributed by atoms with van der Waals surface area (Å²) < 4.78 is 0. The van der Waals surface area contributed by atoms with E-state index in [-0.39, 0.29) is 163 Å². The van der Waals surface area contributed by atoms with Crippen molar-refractivity contribution in [3.05, 3.63) is 6.57 Å². The van der Waals surface area contributed by atoms with Gasteiger partial charge in [0.25, 0.3) is 0 Å². The second-order valence-electron chi connectivity index (χ2n) is 0. The molecule has 5 heteroatoms. The number of nitrogens with zero attached hydrogens (tertiary/aromatic N) is 1. The van der Waals surface area contributed by atoms with E-state index in [0.717, 1.165) is 0 Å². The fourth-order valence-electron chi connectivity index (χ4n) is 0. The monoisotopic (exact) mass is 204 g/mol. The Labute approximate surface area is 170 Å². The third kappa shape index (κ3) is 23.6. The topological polar surface area (TPSA) is 23.8 Å². The standard InChI is InChI=1S/CN.Ca.Fe.2K.4H/c1-2;;;;;;;;/q-1;+2;;2*+1;4*-1. The van der Waals surface area contributed by atoms with Crippen LogP contribution < -0.4 is 103 Å². The number of hydrogen-bond donors (Lipinski definition) is 0. The van der Waals surface area contributed by atoms with Crippen molar-refractivity contribution in [1.82, 2.24) is 0 Å². The van der Waals surface area contributed by atoms with E-state index in [1.807, 2.05) is 0 Å². The molecule has 0 saturated heterocycles. The minimum Gasteiger partial charge on any atom is -1.00 e. The van der Waals surface area contributed by atoms with Gasteiger partial charge < -0.3 is 17.5 Å². The predicted molar refractivity (Wildman–Crippen MR) is 15.2 cm³/mol. The van der Waals surface area contributed by atoms with Crippen LogP contribution in [0, 0.1) is 11.8 Å². The van der Waals surface area contributed by atoms with Crippen LogP contribution >= 0.6 is 0 Å². The summed E-state index contributed by atoms with van der Waals surface area (Å²) in [4.78, 5) is 0. The van der Waals surface area contributed by atoms with E-state index < -0.39 is 0 Å². The summed E-state index contributed by atoms with van der Waals surface area (Å²) in [5, 5.41) is 6.25. The Kier molecular flexibility index (Phi) is 176. The number of hydrogen-bond acceptors (Lipinski definition) is 1. The van der Waals surface area contributed by atoms with E-state index in [2.05, 4.69) is 0 Å². The molecule has 0 aromatic carbocycles. The molecule has 0 heterocycles. The Morgan fingerprint density at radius 1 is 1.17 bits per heavy atom. The molecule has 0 N–H and O–H groups in total. The van der Waals surface area contributed by atoms with Crippen LogP contribution in [0.25, 0.3) is 0 Å². The minimum atomic E-state index is 0. The average molecular weight is 204 g/mol. The zero-order valence-electron chi connectivity index (χ0n) is 8.01. The molecule has 0 radical (unpaired) electrons. The summed E-state index contributed by atoms with van der Waals surface area (Å²) in [5.74, 6) is 0. The van der Waals surface area contributed by atoms with Gasteiger partial charge in [-0.3, -0.25) is 0 Å². The molecule has 6 heavy (non-hydrogen) atoms. The van der Waals surface area contributed by atoms with E-state index in [9.17, 15) is 0 Å². The van der Waals surface area contributed by atoms with Crippen molar-refractivity contribution < 1.29 is 126 Å². The Hall–Kier alpha value is 4.54. The van der Waals surface area contributed by atoms with Gasteiger partial charge in [0.15, 0.2) is 0 Å². The Morgan fingerprint density at radius 3 is 1.17 bits per heavy atom. The van der Waals surface area contributed by atoms with Crippen molar-refractivity contribution in [3.63, 3.8) is 0 Å². The molecular formula is CH4CaFeK2N-. The summed E-state index contributed by atoms with van der Waals surface area (Å²) in [6.07, 6.45) is 0. The van der Waals surface area contributed by atoms with Gasteiger partial charge in [-0.2, -0.15) is 0 Å². The van der Waals surface area contributed by atoms with Gasteiger partial charge in [0.2, 0.25) is 0 Å². The van der Waals surface area contributed by atoms with E-state index in [4.69, 9.17) is 11.8 Å². The summed E-state index contributed by atoms with van der Waals surface area (Å²) in [5.41, 5.74) is 0. The normalized spacial score (nSPS) is 0.333. The quantitative estimate of drug-likeness (QED) is 0.285. The predicted octanol–water partition coefficient (Wildman–Crippen LogP) is -5.83. The Morgan fingerprint density at radius 2 is 1.17 bits per heavy atom. The molecule has 0 rings (SSSR count). The molecule has 0 aromatic rings. The van der Waals surface area contributed by atoms with Crippen molar-refractivity contribution in [2.24, 2.45) is 0 Å². The molecule has 26 valence electrons. The maximum Gasteiger partial charge on any atom is 2.00 e. The van der Waals surface area contributed by atoms with Crippen molar-refractivity contribution in [1.29, 1.82) is 5.26 Å². The van der Waals surface area contributed by atoms with Crippen molar-refractivity contribution in [3.8, 4) is 0 Å². The summed E-state index contributed by atoms with van der Waals surface area (Å²) >= 11 is 0. The molecule has 0 amide bonds. The molecule has 0 aromatic heterocycles. The van der Waals surface area contributed by atoms with Crippen LogP contribution in [0.3, 0.4) is 0 Å². The minimum absolute atomic E-state index is 0. The molecule has 0 unspecified atom stereocenters. The Balaban J connectivity index is -0.000000000179. The van der Waals surface area contributed by atoms with Gasteiger partial charge in [0.1, 0.15) is 0 Å². The number of rotatable bonds is 0. The SMILES string of the molecule is [C-]#N.[Ca+2].[Fe].[H-].[H-].[H-].[H-].[K+].[K+]. The average Bonchev–Trinajstić information content (AvgIpc) is 1.00. The fraction of sp³-hybridized carbons (Fsp3) is 0. The summed E-state index contributed by atoms with van der Waals surface area (Å²) in [6, 6.07) is 0. The van der Waals surface area contributed by atoms with E-state index in [1.54, 1.807) is 0 Å². The first-order chi connectivity index (χ1) is 1.00. The zero-order valence-corrected chi connectivity index (χ0v) is 13.6. The third-order valence-corrected chi connectivity index (χ3v) is 0. The van der Waals surface area contributed by atoms with Gasteiger partial charge in [0, 0.05) is 17.1 Å². The first kappa shape index (κ1) is 31.3. The van der Waals surface area contributed by atoms with Crippen LogP contribution in [0.4, 0.5) is 0 Å². The smallest absolute Gasteiger partial charge is 1.00 e. The first-order valence-corrected chi connectivity index (χ1v) is 0.224. The summed E-state index contributed by atoms with van der Waals surface area (Å²) in [7, 11) is 0. The van der Waals surface area contributed by atoms with Crippen molar-refractivity contribution in [2.75, 3.05) is 0 Å². The first-order valence-electron chi connectivity index (χ1n) is 0.224. The van der Waals surface area contributed by atoms with Crippen LogP contribution in [-0.4, -0.2) is 37.7 Å². The fourth-order valence-corrected chi connectivity index (χ4v) is 0. The van der Waals surface area contributed by atoms with Gasteiger partial charge in [-0.05, 0) is 0 Å². The molecule has 0 saturated carbocycles. The maximum absolute atomic E-state index is 6.25. The van der Waals surface area contributed by atoms with Gasteiger partial charge in [-0.15, -0.1) is 0 Å². The molecule has 0 aliphatic rings. The molecule has 0 aliphatic carbocycles.